The van der Waals surface area contributed by atoms with Gasteiger partial charge in [0, 0.05) is 6.54 Å². The van der Waals surface area contributed by atoms with Crippen LogP contribution in [-0.4, -0.2) is 32.1 Å². The molecule has 0 spiro atoms. The topological polar surface area (TPSA) is 15.3 Å². The molecule has 17 heavy (non-hydrogen) atoms. The second-order valence-corrected chi connectivity index (χ2v) is 4.30. The van der Waals surface area contributed by atoms with E-state index in [-0.39, 0.29) is 0 Å². The van der Waals surface area contributed by atoms with Crippen LogP contribution in [0, 0.1) is 11.6 Å². The minimum atomic E-state index is -0.787. The molecule has 1 rings (SSSR count). The second kappa shape index (κ2) is 7.35. The second-order valence-electron chi connectivity index (χ2n) is 4.30. The fraction of sp³-hybridized carbons (Fsp3) is 0.538. The van der Waals surface area contributed by atoms with Gasteiger partial charge in [-0.1, -0.05) is 6.07 Å². The van der Waals surface area contributed by atoms with Crippen LogP contribution in [0.1, 0.15) is 18.4 Å². The van der Waals surface area contributed by atoms with Crippen LogP contribution in [0.25, 0.3) is 0 Å². The number of unbranched alkanes of at least 4 members (excludes halogenated alkanes) is 1. The quantitative estimate of drug-likeness (QED) is 0.739. The Labute approximate surface area is 102 Å². The number of nitrogens with zero attached hydrogens (tertiary/aromatic N) is 1. The van der Waals surface area contributed by atoms with Crippen molar-refractivity contribution < 1.29 is 8.78 Å². The average molecular weight is 242 g/mol. The number of hydrogen-bond acceptors (Lipinski definition) is 2. The molecule has 0 aliphatic heterocycles. The molecule has 1 aromatic carbocycles. The Hall–Kier alpha value is -1.00. The van der Waals surface area contributed by atoms with Gasteiger partial charge < -0.3 is 10.2 Å². The molecule has 0 amide bonds. The normalized spacial score (nSPS) is 11.1. The third kappa shape index (κ3) is 5.24. The third-order valence-corrected chi connectivity index (χ3v) is 2.65. The van der Waals surface area contributed by atoms with Gasteiger partial charge in [0.25, 0.3) is 0 Å². The molecular formula is C13H20F2N2. The summed E-state index contributed by atoms with van der Waals surface area (Å²) in [6.07, 6.45) is 2.22. The highest BCUT2D eigenvalue weighted by molar-refractivity contribution is 5.17. The predicted molar refractivity (Wildman–Crippen MR) is 65.9 cm³/mol. The Balaban J connectivity index is 2.34. The monoisotopic (exact) mass is 242 g/mol. The molecule has 0 atom stereocenters. The van der Waals surface area contributed by atoms with E-state index in [2.05, 4.69) is 10.2 Å². The van der Waals surface area contributed by atoms with Gasteiger partial charge in [-0.05, 0) is 57.7 Å². The van der Waals surface area contributed by atoms with Gasteiger partial charge >= 0.3 is 0 Å². The summed E-state index contributed by atoms with van der Waals surface area (Å²) in [4.78, 5) is 2.11. The van der Waals surface area contributed by atoms with Crippen LogP contribution in [0.15, 0.2) is 18.2 Å². The van der Waals surface area contributed by atoms with Crippen LogP contribution in [0.5, 0.6) is 0 Å². The maximum absolute atomic E-state index is 13.0. The third-order valence-electron chi connectivity index (χ3n) is 2.65. The summed E-state index contributed by atoms with van der Waals surface area (Å²) in [5, 5.41) is 3.10. The van der Waals surface area contributed by atoms with Gasteiger partial charge in [-0.2, -0.15) is 0 Å². The van der Waals surface area contributed by atoms with Crippen LogP contribution >= 0.6 is 0 Å². The Morgan fingerprint density at radius 3 is 2.59 bits per heavy atom. The van der Waals surface area contributed by atoms with E-state index in [9.17, 15) is 8.78 Å². The molecule has 0 saturated carbocycles. The van der Waals surface area contributed by atoms with Crippen molar-refractivity contribution in [1.82, 2.24) is 10.2 Å². The van der Waals surface area contributed by atoms with Crippen molar-refractivity contribution >= 4 is 0 Å². The lowest BCUT2D eigenvalue weighted by molar-refractivity contribution is 0.317. The van der Waals surface area contributed by atoms with E-state index in [1.54, 1.807) is 6.07 Å². The lowest BCUT2D eigenvalue weighted by Gasteiger charge is -2.16. The average Bonchev–Trinajstić information content (AvgIpc) is 2.30. The number of hydrogen-bond donors (Lipinski definition) is 1. The van der Waals surface area contributed by atoms with Crippen molar-refractivity contribution in [3.05, 3.63) is 35.4 Å². The van der Waals surface area contributed by atoms with Gasteiger partial charge in [-0.25, -0.2) is 8.78 Å². The number of rotatable bonds is 7. The summed E-state index contributed by atoms with van der Waals surface area (Å²) in [5.74, 6) is -1.56. The fourth-order valence-corrected chi connectivity index (χ4v) is 1.71. The van der Waals surface area contributed by atoms with Crippen LogP contribution < -0.4 is 5.32 Å². The molecule has 0 radical (unpaired) electrons. The largest absolute Gasteiger partial charge is 0.320 e. The lowest BCUT2D eigenvalue weighted by Crippen LogP contribution is -2.20. The summed E-state index contributed by atoms with van der Waals surface area (Å²) in [6.45, 7) is 2.62. The van der Waals surface area contributed by atoms with E-state index >= 15 is 0 Å². The van der Waals surface area contributed by atoms with Crippen molar-refractivity contribution in [2.45, 2.75) is 19.4 Å². The van der Waals surface area contributed by atoms with Gasteiger partial charge in [0.2, 0.25) is 0 Å². The highest BCUT2D eigenvalue weighted by atomic mass is 19.2. The van der Waals surface area contributed by atoms with Crippen LogP contribution in [0.2, 0.25) is 0 Å². The maximum atomic E-state index is 13.0. The summed E-state index contributed by atoms with van der Waals surface area (Å²) in [5.41, 5.74) is 0.806. The Morgan fingerprint density at radius 2 is 1.94 bits per heavy atom. The Kier molecular flexibility index (Phi) is 6.08. The smallest absolute Gasteiger partial charge is 0.159 e. The molecular weight excluding hydrogens is 222 g/mol. The van der Waals surface area contributed by atoms with Crippen molar-refractivity contribution in [3.8, 4) is 0 Å². The summed E-state index contributed by atoms with van der Waals surface area (Å²) >= 11 is 0. The molecule has 0 unspecified atom stereocenters. The van der Waals surface area contributed by atoms with Gasteiger partial charge in [0.1, 0.15) is 0 Å². The molecule has 0 aliphatic carbocycles. The molecule has 1 N–H and O–H groups in total. The minimum absolute atomic E-state index is 0.650. The molecule has 0 bridgehead atoms. The van der Waals surface area contributed by atoms with E-state index in [1.807, 2.05) is 14.1 Å². The van der Waals surface area contributed by atoms with Crippen molar-refractivity contribution in [2.75, 3.05) is 27.2 Å². The van der Waals surface area contributed by atoms with Crippen LogP contribution in [0.3, 0.4) is 0 Å². The first-order chi connectivity index (χ1) is 8.13. The molecule has 96 valence electrons. The van der Waals surface area contributed by atoms with Gasteiger partial charge in [-0.15, -0.1) is 0 Å². The molecule has 0 aromatic heterocycles. The zero-order chi connectivity index (χ0) is 12.7. The first-order valence-electron chi connectivity index (χ1n) is 5.90. The first kappa shape index (κ1) is 14.1. The molecule has 0 aliphatic rings. The van der Waals surface area contributed by atoms with Crippen LogP contribution in [-0.2, 0) is 6.54 Å². The van der Waals surface area contributed by atoms with E-state index in [4.69, 9.17) is 0 Å². The molecule has 0 heterocycles. The Morgan fingerprint density at radius 1 is 1.18 bits per heavy atom. The van der Waals surface area contributed by atoms with E-state index in [0.717, 1.165) is 31.5 Å². The highest BCUT2D eigenvalue weighted by Crippen LogP contribution is 2.10. The number of nitrogens with one attached hydrogen (secondary N) is 1. The predicted octanol–water partition coefficient (Wildman–Crippen LogP) is 2.40. The molecule has 0 fully saturated rings. The maximum Gasteiger partial charge on any atom is 0.159 e. The summed E-state index contributed by atoms with van der Waals surface area (Å²) < 4.78 is 25.7. The highest BCUT2D eigenvalue weighted by Gasteiger charge is 2.04. The molecule has 2 nitrogen and oxygen atoms in total. The Bertz CT molecular complexity index is 342. The summed E-state index contributed by atoms with van der Waals surface area (Å²) in [7, 11) is 3.92. The van der Waals surface area contributed by atoms with E-state index in [0.29, 0.717) is 6.54 Å². The fourth-order valence-electron chi connectivity index (χ4n) is 1.71. The molecule has 0 saturated heterocycles. The van der Waals surface area contributed by atoms with Crippen molar-refractivity contribution in [2.24, 2.45) is 0 Å². The van der Waals surface area contributed by atoms with Gasteiger partial charge in [0.15, 0.2) is 11.6 Å². The van der Waals surface area contributed by atoms with E-state index in [1.165, 1.54) is 12.1 Å². The van der Waals surface area contributed by atoms with Crippen LogP contribution in [0.4, 0.5) is 8.78 Å². The van der Waals surface area contributed by atoms with E-state index < -0.39 is 11.6 Å². The zero-order valence-electron chi connectivity index (χ0n) is 10.5. The van der Waals surface area contributed by atoms with Gasteiger partial charge in [-0.3, -0.25) is 0 Å². The van der Waals surface area contributed by atoms with Crippen molar-refractivity contribution in [1.29, 1.82) is 0 Å². The minimum Gasteiger partial charge on any atom is -0.320 e. The van der Waals surface area contributed by atoms with Gasteiger partial charge in [0.05, 0.1) is 0 Å². The molecule has 1 aromatic rings. The standard InChI is InChI=1S/C13H20F2N2/c1-16-7-3-4-8-17(2)10-11-5-6-12(14)13(15)9-11/h5-6,9,16H,3-4,7-8,10H2,1-2H3. The molecule has 4 heteroatoms. The SMILES string of the molecule is CNCCCCN(C)Cc1ccc(F)c(F)c1. The lowest BCUT2D eigenvalue weighted by atomic mass is 10.2. The van der Waals surface area contributed by atoms with Crippen molar-refractivity contribution in [3.63, 3.8) is 0 Å². The first-order valence-corrected chi connectivity index (χ1v) is 5.90. The number of benzene rings is 1. The number of halogens is 2. The summed E-state index contributed by atoms with van der Waals surface area (Å²) in [6, 6.07) is 4.07. The zero-order valence-corrected chi connectivity index (χ0v) is 10.5.